The summed E-state index contributed by atoms with van der Waals surface area (Å²) >= 11 is 0. The van der Waals surface area contributed by atoms with Crippen molar-refractivity contribution < 1.29 is 14.3 Å². The van der Waals surface area contributed by atoms with E-state index in [1.54, 1.807) is 0 Å². The maximum absolute atomic E-state index is 12.6. The zero-order valence-corrected chi connectivity index (χ0v) is 17.2. The molecule has 6 nitrogen and oxygen atoms in total. The second-order valence-electron chi connectivity index (χ2n) is 8.19. The van der Waals surface area contributed by atoms with Crippen LogP contribution >= 0.6 is 0 Å². The van der Waals surface area contributed by atoms with Crippen molar-refractivity contribution in [3.05, 3.63) is 29.8 Å². The second kappa shape index (κ2) is 9.92. The van der Waals surface area contributed by atoms with Crippen LogP contribution in [0.2, 0.25) is 0 Å². The molecule has 154 valence electrons. The third-order valence-corrected chi connectivity index (χ3v) is 5.77. The lowest BCUT2D eigenvalue weighted by Crippen LogP contribution is -2.39. The highest BCUT2D eigenvalue weighted by Crippen LogP contribution is 2.20. The normalized spacial score (nSPS) is 18.8. The number of carbonyl (C=O) groups is 2. The van der Waals surface area contributed by atoms with E-state index in [0.717, 1.165) is 44.7 Å². The molecule has 0 spiro atoms. The molecule has 0 radical (unpaired) electrons. The van der Waals surface area contributed by atoms with Gasteiger partial charge < -0.3 is 19.9 Å². The molecular weight excluding hydrogens is 354 g/mol. The Balaban J connectivity index is 1.48. The van der Waals surface area contributed by atoms with Crippen LogP contribution in [-0.4, -0.2) is 61.1 Å². The highest BCUT2D eigenvalue weighted by atomic mass is 16.5. The van der Waals surface area contributed by atoms with Crippen LogP contribution < -0.4 is 5.32 Å². The van der Waals surface area contributed by atoms with E-state index in [1.807, 2.05) is 21.9 Å². The molecule has 0 saturated carbocycles. The number of hydrogen-bond donors (Lipinski definition) is 1. The predicted octanol–water partition coefficient (Wildman–Crippen LogP) is 3.69. The smallest absolute Gasteiger partial charge is 0.321 e. The number of nitrogens with one attached hydrogen (secondary N) is 1. The number of nitrogens with zero attached hydrogens (tertiary/aromatic N) is 2. The number of carbonyl (C=O) groups excluding carboxylic acids is 2. The van der Waals surface area contributed by atoms with E-state index < -0.39 is 0 Å². The van der Waals surface area contributed by atoms with Gasteiger partial charge in [0.05, 0.1) is 0 Å². The molecule has 0 unspecified atom stereocenters. The lowest BCUT2D eigenvalue weighted by atomic mass is 9.96. The number of rotatable bonds is 4. The Morgan fingerprint density at radius 3 is 2.36 bits per heavy atom. The van der Waals surface area contributed by atoms with Gasteiger partial charge in [-0.15, -0.1) is 0 Å². The van der Waals surface area contributed by atoms with Crippen LogP contribution in [0.4, 0.5) is 10.5 Å². The van der Waals surface area contributed by atoms with Gasteiger partial charge in [0.1, 0.15) is 0 Å². The minimum Gasteiger partial charge on any atom is -0.381 e. The van der Waals surface area contributed by atoms with E-state index in [2.05, 4.69) is 31.3 Å². The van der Waals surface area contributed by atoms with E-state index >= 15 is 0 Å². The minimum atomic E-state index is -0.0870. The summed E-state index contributed by atoms with van der Waals surface area (Å²) in [6, 6.07) is 7.93. The van der Waals surface area contributed by atoms with Crippen molar-refractivity contribution in [2.45, 2.75) is 45.4 Å². The Labute approximate surface area is 168 Å². The lowest BCUT2D eigenvalue weighted by molar-refractivity contribution is -0.132. The quantitative estimate of drug-likeness (QED) is 0.857. The van der Waals surface area contributed by atoms with Crippen molar-refractivity contribution in [1.29, 1.82) is 0 Å². The van der Waals surface area contributed by atoms with Gasteiger partial charge in [0.15, 0.2) is 0 Å². The summed E-state index contributed by atoms with van der Waals surface area (Å²) in [6.45, 7) is 8.44. The van der Waals surface area contributed by atoms with Crippen LogP contribution in [0, 0.1) is 5.92 Å². The summed E-state index contributed by atoms with van der Waals surface area (Å²) in [7, 11) is 0. The molecule has 1 aromatic rings. The molecule has 0 aromatic heterocycles. The molecule has 2 saturated heterocycles. The third kappa shape index (κ3) is 5.71. The first-order valence-corrected chi connectivity index (χ1v) is 10.5. The number of amides is 3. The fourth-order valence-electron chi connectivity index (χ4n) is 3.85. The van der Waals surface area contributed by atoms with Gasteiger partial charge in [0, 0.05) is 51.5 Å². The van der Waals surface area contributed by atoms with Crippen LogP contribution in [0.3, 0.4) is 0 Å². The van der Waals surface area contributed by atoms with Gasteiger partial charge in [0.2, 0.25) is 5.91 Å². The van der Waals surface area contributed by atoms with Crippen LogP contribution in [0.5, 0.6) is 0 Å². The molecule has 28 heavy (non-hydrogen) atoms. The molecule has 0 bridgehead atoms. The van der Waals surface area contributed by atoms with Crippen molar-refractivity contribution in [3.8, 4) is 0 Å². The van der Waals surface area contributed by atoms with Crippen LogP contribution in [0.1, 0.15) is 51.0 Å². The van der Waals surface area contributed by atoms with Gasteiger partial charge in [-0.1, -0.05) is 26.0 Å². The van der Waals surface area contributed by atoms with E-state index in [-0.39, 0.29) is 11.9 Å². The van der Waals surface area contributed by atoms with Crippen LogP contribution in [0.15, 0.2) is 24.3 Å². The first-order valence-electron chi connectivity index (χ1n) is 10.5. The monoisotopic (exact) mass is 387 g/mol. The fraction of sp³-hybridized carbons (Fsp3) is 0.636. The summed E-state index contributed by atoms with van der Waals surface area (Å²) in [5.74, 6) is 1.14. The van der Waals surface area contributed by atoms with Gasteiger partial charge in [-0.25, -0.2) is 4.79 Å². The molecule has 0 aliphatic carbocycles. The molecular formula is C22H33N3O3. The summed E-state index contributed by atoms with van der Waals surface area (Å²) in [6.07, 6.45) is 3.38. The van der Waals surface area contributed by atoms with E-state index in [1.165, 1.54) is 5.56 Å². The van der Waals surface area contributed by atoms with Crippen molar-refractivity contribution in [1.82, 2.24) is 9.80 Å². The van der Waals surface area contributed by atoms with Crippen LogP contribution in [0.25, 0.3) is 0 Å². The Kier molecular flexibility index (Phi) is 7.31. The van der Waals surface area contributed by atoms with Crippen LogP contribution in [-0.2, 0) is 9.53 Å². The van der Waals surface area contributed by atoms with Crippen molar-refractivity contribution in [3.63, 3.8) is 0 Å². The first-order chi connectivity index (χ1) is 13.5. The highest BCUT2D eigenvalue weighted by Gasteiger charge is 2.25. The lowest BCUT2D eigenvalue weighted by Gasteiger charge is -2.26. The molecule has 2 fully saturated rings. The van der Waals surface area contributed by atoms with Gasteiger partial charge in [-0.3, -0.25) is 4.79 Å². The summed E-state index contributed by atoms with van der Waals surface area (Å²) in [5, 5.41) is 2.98. The van der Waals surface area contributed by atoms with Gasteiger partial charge in [0.25, 0.3) is 0 Å². The molecule has 0 atom stereocenters. The molecule has 2 aliphatic rings. The Bertz CT molecular complexity index is 653. The van der Waals surface area contributed by atoms with E-state index in [9.17, 15) is 9.59 Å². The average molecular weight is 388 g/mol. The molecule has 3 amide bonds. The Morgan fingerprint density at radius 1 is 1.04 bits per heavy atom. The summed E-state index contributed by atoms with van der Waals surface area (Å²) < 4.78 is 5.38. The predicted molar refractivity (Wildman–Crippen MR) is 110 cm³/mol. The first kappa shape index (κ1) is 20.6. The second-order valence-corrected chi connectivity index (χ2v) is 8.19. The molecule has 2 aliphatic heterocycles. The zero-order chi connectivity index (χ0) is 19.9. The average Bonchev–Trinajstić information content (AvgIpc) is 2.95. The summed E-state index contributed by atoms with van der Waals surface area (Å²) in [4.78, 5) is 29.0. The van der Waals surface area contributed by atoms with Gasteiger partial charge in [-0.05, 0) is 48.8 Å². The standard InChI is InChI=1S/C22H33N3O3/c1-17(2)19-4-6-20(7-5-19)23-22(27)25-11-3-10-24(12-13-25)21(26)16-18-8-14-28-15-9-18/h4-7,17-18H,3,8-16H2,1-2H3,(H,23,27). The minimum absolute atomic E-state index is 0.0870. The number of benzene rings is 1. The maximum atomic E-state index is 12.6. The van der Waals surface area contributed by atoms with Crippen molar-refractivity contribution >= 4 is 17.6 Å². The van der Waals surface area contributed by atoms with Gasteiger partial charge >= 0.3 is 6.03 Å². The van der Waals surface area contributed by atoms with Crippen molar-refractivity contribution in [2.75, 3.05) is 44.7 Å². The third-order valence-electron chi connectivity index (χ3n) is 5.77. The van der Waals surface area contributed by atoms with E-state index in [0.29, 0.717) is 37.9 Å². The number of hydrogen-bond acceptors (Lipinski definition) is 3. The zero-order valence-electron chi connectivity index (χ0n) is 17.2. The molecule has 3 rings (SSSR count). The fourth-order valence-corrected chi connectivity index (χ4v) is 3.85. The Hall–Kier alpha value is -2.08. The van der Waals surface area contributed by atoms with E-state index in [4.69, 9.17) is 4.74 Å². The molecule has 1 N–H and O–H groups in total. The number of ether oxygens (including phenoxy) is 1. The topological polar surface area (TPSA) is 61.9 Å². The Morgan fingerprint density at radius 2 is 1.68 bits per heavy atom. The molecule has 1 aromatic carbocycles. The maximum Gasteiger partial charge on any atom is 0.321 e. The highest BCUT2D eigenvalue weighted by molar-refractivity contribution is 5.89. The number of urea groups is 1. The number of anilines is 1. The van der Waals surface area contributed by atoms with Crippen molar-refractivity contribution in [2.24, 2.45) is 5.92 Å². The molecule has 2 heterocycles. The SMILES string of the molecule is CC(C)c1ccc(NC(=O)N2CCCN(C(=O)CC3CCOCC3)CC2)cc1. The molecule has 6 heteroatoms. The summed E-state index contributed by atoms with van der Waals surface area (Å²) in [5.41, 5.74) is 2.07. The van der Waals surface area contributed by atoms with Gasteiger partial charge in [-0.2, -0.15) is 0 Å². The largest absolute Gasteiger partial charge is 0.381 e.